The smallest absolute Gasteiger partial charge is 0.127 e. The molecule has 0 saturated heterocycles. The Balaban J connectivity index is 2.57. The average Bonchev–Trinajstić information content (AvgIpc) is 2.20. The minimum absolute atomic E-state index is 0.168. The van der Waals surface area contributed by atoms with Crippen LogP contribution in [0.25, 0.3) is 0 Å². The van der Waals surface area contributed by atoms with E-state index in [0.29, 0.717) is 18.5 Å². The van der Waals surface area contributed by atoms with Crippen LogP contribution < -0.4 is 0 Å². The minimum Gasteiger partial charge on any atom is -0.393 e. The van der Waals surface area contributed by atoms with Crippen molar-refractivity contribution in [2.75, 3.05) is 7.05 Å². The molecule has 1 aromatic carbocycles. The lowest BCUT2D eigenvalue weighted by molar-refractivity contribution is 0.130. The predicted octanol–water partition coefficient (Wildman–Crippen LogP) is 2.42. The summed E-state index contributed by atoms with van der Waals surface area (Å²) in [5, 5.41) is 9.29. The molecule has 0 amide bonds. The first-order valence-corrected chi connectivity index (χ1v) is 5.62. The Bertz CT molecular complexity index is 327. The zero-order chi connectivity index (χ0) is 12.1. The fraction of sp³-hybridized carbons (Fsp3) is 0.538. The Morgan fingerprint density at radius 1 is 1.31 bits per heavy atom. The maximum absolute atomic E-state index is 13.4. The molecule has 2 atom stereocenters. The molecule has 0 bridgehead atoms. The van der Waals surface area contributed by atoms with Gasteiger partial charge in [0.05, 0.1) is 6.10 Å². The summed E-state index contributed by atoms with van der Waals surface area (Å²) in [4.78, 5) is 2.05. The topological polar surface area (TPSA) is 23.5 Å². The van der Waals surface area contributed by atoms with Gasteiger partial charge in [0.1, 0.15) is 5.82 Å². The van der Waals surface area contributed by atoms with Gasteiger partial charge in [0.25, 0.3) is 0 Å². The highest BCUT2D eigenvalue weighted by Crippen LogP contribution is 2.12. The van der Waals surface area contributed by atoms with E-state index < -0.39 is 0 Å². The SMILES string of the molecule is CC(O)CC(C)N(C)Cc1ccccc1F. The molecule has 1 aromatic rings. The molecule has 0 aliphatic rings. The van der Waals surface area contributed by atoms with Gasteiger partial charge in [-0.15, -0.1) is 0 Å². The van der Waals surface area contributed by atoms with Crippen molar-refractivity contribution in [3.63, 3.8) is 0 Å². The van der Waals surface area contributed by atoms with E-state index in [1.165, 1.54) is 6.07 Å². The Morgan fingerprint density at radius 3 is 2.50 bits per heavy atom. The molecule has 90 valence electrons. The molecule has 0 saturated carbocycles. The second-order valence-electron chi connectivity index (χ2n) is 4.44. The van der Waals surface area contributed by atoms with Gasteiger partial charge in [-0.3, -0.25) is 4.90 Å². The highest BCUT2D eigenvalue weighted by molar-refractivity contribution is 5.17. The van der Waals surface area contributed by atoms with Crippen molar-refractivity contribution < 1.29 is 9.50 Å². The summed E-state index contributed by atoms with van der Waals surface area (Å²) in [5.41, 5.74) is 0.697. The molecule has 16 heavy (non-hydrogen) atoms. The second-order valence-corrected chi connectivity index (χ2v) is 4.44. The van der Waals surface area contributed by atoms with Crippen molar-refractivity contribution in [2.24, 2.45) is 0 Å². The Hall–Kier alpha value is -0.930. The number of hydrogen-bond donors (Lipinski definition) is 1. The molecule has 0 aliphatic heterocycles. The highest BCUT2D eigenvalue weighted by atomic mass is 19.1. The van der Waals surface area contributed by atoms with Crippen LogP contribution in [-0.4, -0.2) is 29.2 Å². The quantitative estimate of drug-likeness (QED) is 0.832. The van der Waals surface area contributed by atoms with Gasteiger partial charge in [0.15, 0.2) is 0 Å². The highest BCUT2D eigenvalue weighted by Gasteiger charge is 2.13. The molecule has 2 nitrogen and oxygen atoms in total. The number of rotatable bonds is 5. The Morgan fingerprint density at radius 2 is 1.94 bits per heavy atom. The maximum Gasteiger partial charge on any atom is 0.127 e. The van der Waals surface area contributed by atoms with Crippen LogP contribution in [0.2, 0.25) is 0 Å². The first kappa shape index (κ1) is 13.1. The number of halogens is 1. The van der Waals surface area contributed by atoms with E-state index >= 15 is 0 Å². The maximum atomic E-state index is 13.4. The van der Waals surface area contributed by atoms with Crippen LogP contribution in [0.5, 0.6) is 0 Å². The lowest BCUT2D eigenvalue weighted by Crippen LogP contribution is -2.31. The number of nitrogens with zero attached hydrogens (tertiary/aromatic N) is 1. The van der Waals surface area contributed by atoms with Crippen molar-refractivity contribution >= 4 is 0 Å². The summed E-state index contributed by atoms with van der Waals surface area (Å²) in [5.74, 6) is -0.168. The van der Waals surface area contributed by atoms with Crippen molar-refractivity contribution in [1.82, 2.24) is 4.90 Å². The fourth-order valence-electron chi connectivity index (χ4n) is 1.72. The van der Waals surface area contributed by atoms with Crippen molar-refractivity contribution in [2.45, 2.75) is 39.0 Å². The zero-order valence-corrected chi connectivity index (χ0v) is 10.2. The molecule has 1 rings (SSSR count). The first-order chi connectivity index (χ1) is 7.50. The third kappa shape index (κ3) is 3.91. The average molecular weight is 225 g/mol. The molecule has 1 N–H and O–H groups in total. The molecule has 0 aromatic heterocycles. The van der Waals surface area contributed by atoms with Gasteiger partial charge in [-0.05, 0) is 33.4 Å². The minimum atomic E-state index is -0.321. The zero-order valence-electron chi connectivity index (χ0n) is 10.2. The summed E-state index contributed by atoms with van der Waals surface area (Å²) in [7, 11) is 1.94. The van der Waals surface area contributed by atoms with Crippen LogP contribution in [0.15, 0.2) is 24.3 Å². The van der Waals surface area contributed by atoms with Gasteiger partial charge in [-0.1, -0.05) is 18.2 Å². The van der Waals surface area contributed by atoms with Gasteiger partial charge in [0.2, 0.25) is 0 Å². The van der Waals surface area contributed by atoms with E-state index in [1.807, 2.05) is 24.9 Å². The summed E-state index contributed by atoms with van der Waals surface area (Å²) in [6, 6.07) is 7.03. The normalized spacial score (nSPS) is 15.1. The second kappa shape index (κ2) is 5.97. The van der Waals surface area contributed by atoms with Gasteiger partial charge in [-0.25, -0.2) is 4.39 Å². The molecule has 0 heterocycles. The largest absolute Gasteiger partial charge is 0.393 e. The van der Waals surface area contributed by atoms with E-state index in [9.17, 15) is 9.50 Å². The van der Waals surface area contributed by atoms with E-state index in [-0.39, 0.29) is 18.0 Å². The molecule has 0 aliphatic carbocycles. The van der Waals surface area contributed by atoms with Crippen molar-refractivity contribution in [3.05, 3.63) is 35.6 Å². The van der Waals surface area contributed by atoms with Crippen LogP contribution in [0, 0.1) is 5.82 Å². The van der Waals surface area contributed by atoms with Crippen LogP contribution in [0.3, 0.4) is 0 Å². The number of aliphatic hydroxyl groups excluding tert-OH is 1. The third-order valence-corrected chi connectivity index (χ3v) is 2.81. The standard InChI is InChI=1S/C13H20FNO/c1-10(8-11(2)16)15(3)9-12-6-4-5-7-13(12)14/h4-7,10-11,16H,8-9H2,1-3H3. The molecular weight excluding hydrogens is 205 g/mol. The van der Waals surface area contributed by atoms with E-state index in [1.54, 1.807) is 19.1 Å². The molecule has 0 radical (unpaired) electrons. The fourth-order valence-corrected chi connectivity index (χ4v) is 1.72. The lowest BCUT2D eigenvalue weighted by Gasteiger charge is -2.25. The van der Waals surface area contributed by atoms with Gasteiger partial charge < -0.3 is 5.11 Å². The number of hydrogen-bond acceptors (Lipinski definition) is 2. The predicted molar refractivity (Wildman–Crippen MR) is 63.6 cm³/mol. The number of benzene rings is 1. The summed E-state index contributed by atoms with van der Waals surface area (Å²) in [6.07, 6.45) is 0.378. The van der Waals surface area contributed by atoms with Crippen LogP contribution in [-0.2, 0) is 6.54 Å². The van der Waals surface area contributed by atoms with E-state index in [0.717, 1.165) is 0 Å². The van der Waals surface area contributed by atoms with Gasteiger partial charge in [0, 0.05) is 18.2 Å². The van der Waals surface area contributed by atoms with Crippen molar-refractivity contribution in [3.8, 4) is 0 Å². The first-order valence-electron chi connectivity index (χ1n) is 5.62. The van der Waals surface area contributed by atoms with Gasteiger partial charge >= 0.3 is 0 Å². The van der Waals surface area contributed by atoms with Crippen molar-refractivity contribution in [1.29, 1.82) is 0 Å². The van der Waals surface area contributed by atoms with E-state index in [4.69, 9.17) is 0 Å². The monoisotopic (exact) mass is 225 g/mol. The molecule has 2 unspecified atom stereocenters. The van der Waals surface area contributed by atoms with Crippen LogP contribution in [0.1, 0.15) is 25.8 Å². The van der Waals surface area contributed by atoms with E-state index in [2.05, 4.69) is 0 Å². The van der Waals surface area contributed by atoms with Gasteiger partial charge in [-0.2, -0.15) is 0 Å². The Labute approximate surface area is 96.7 Å². The molecule has 0 fully saturated rings. The molecule has 0 spiro atoms. The van der Waals surface area contributed by atoms with Crippen LogP contribution in [0.4, 0.5) is 4.39 Å². The summed E-state index contributed by atoms with van der Waals surface area (Å²) < 4.78 is 13.4. The Kier molecular flexibility index (Phi) is 4.90. The molecular formula is C13H20FNO. The van der Waals surface area contributed by atoms with Crippen LogP contribution >= 0.6 is 0 Å². The third-order valence-electron chi connectivity index (χ3n) is 2.81. The lowest BCUT2D eigenvalue weighted by atomic mass is 10.1. The molecule has 3 heteroatoms. The summed E-state index contributed by atoms with van der Waals surface area (Å²) in [6.45, 7) is 4.38. The number of aliphatic hydroxyl groups is 1. The summed E-state index contributed by atoms with van der Waals surface area (Å²) >= 11 is 0.